The SMILES string of the molecule is CC(=O)C1[C@H]2CC(C)C[C@@H]12.CC1C[C@@H]2C(C=O)[C@@H]2C1.[Br-].[CH3-].[Mg+2]. The van der Waals surface area contributed by atoms with Crippen molar-refractivity contribution in [1.82, 2.24) is 0 Å². The number of fused-ring (bicyclic) bond motifs is 2. The van der Waals surface area contributed by atoms with E-state index in [-0.39, 0.29) is 47.5 Å². The summed E-state index contributed by atoms with van der Waals surface area (Å²) in [6, 6.07) is 0. The third-order valence-electron chi connectivity index (χ3n) is 6.05. The molecule has 0 aliphatic heterocycles. The van der Waals surface area contributed by atoms with Crippen LogP contribution in [0.1, 0.15) is 46.5 Å². The maximum atomic E-state index is 10.9. The van der Waals surface area contributed by atoms with Gasteiger partial charge in [0.05, 0.1) is 0 Å². The van der Waals surface area contributed by atoms with Crippen LogP contribution in [-0.4, -0.2) is 35.1 Å². The summed E-state index contributed by atoms with van der Waals surface area (Å²) in [6.45, 7) is 6.32. The third-order valence-corrected chi connectivity index (χ3v) is 6.05. The van der Waals surface area contributed by atoms with Crippen molar-refractivity contribution in [3.05, 3.63) is 7.43 Å². The second-order valence-electron chi connectivity index (χ2n) is 7.66. The normalized spacial score (nSPS) is 45.4. The summed E-state index contributed by atoms with van der Waals surface area (Å²) in [5, 5.41) is 0. The maximum absolute atomic E-state index is 10.9. The number of aldehydes is 1. The van der Waals surface area contributed by atoms with Gasteiger partial charge in [0.2, 0.25) is 0 Å². The van der Waals surface area contributed by atoms with Gasteiger partial charge in [0.15, 0.2) is 0 Å². The zero-order valence-corrected chi connectivity index (χ0v) is 17.4. The largest absolute Gasteiger partial charge is 2.00 e. The number of rotatable bonds is 2. The predicted octanol–water partition coefficient (Wildman–Crippen LogP) is 0.418. The Kier molecular flexibility index (Phi) is 8.84. The van der Waals surface area contributed by atoms with Gasteiger partial charge in [-0.2, -0.15) is 0 Å². The number of carbonyl (C=O) groups excluding carboxylic acids is 2. The molecule has 0 spiro atoms. The van der Waals surface area contributed by atoms with Crippen molar-refractivity contribution in [3.63, 3.8) is 0 Å². The molecule has 0 aromatic heterocycles. The summed E-state index contributed by atoms with van der Waals surface area (Å²) in [4.78, 5) is 21.2. The van der Waals surface area contributed by atoms with Crippen LogP contribution >= 0.6 is 0 Å². The molecule has 4 aliphatic rings. The van der Waals surface area contributed by atoms with Gasteiger partial charge in [0.25, 0.3) is 0 Å². The molecule has 0 heterocycles. The van der Waals surface area contributed by atoms with Crippen LogP contribution in [0.2, 0.25) is 0 Å². The summed E-state index contributed by atoms with van der Waals surface area (Å²) in [5.41, 5.74) is 0. The van der Waals surface area contributed by atoms with Crippen LogP contribution < -0.4 is 17.0 Å². The van der Waals surface area contributed by atoms with E-state index < -0.39 is 0 Å². The third kappa shape index (κ3) is 4.35. The maximum Gasteiger partial charge on any atom is 2.00 e. The smallest absolute Gasteiger partial charge is 1.00 e. The summed E-state index contributed by atoms with van der Waals surface area (Å²) in [6.07, 6.45) is 6.41. The molecule has 0 N–H and O–H groups in total. The Bertz CT molecular complexity index is 377. The minimum Gasteiger partial charge on any atom is -1.00 e. The van der Waals surface area contributed by atoms with Crippen LogP contribution in [0.15, 0.2) is 0 Å². The Morgan fingerprint density at radius 2 is 1.27 bits per heavy atom. The van der Waals surface area contributed by atoms with E-state index in [2.05, 4.69) is 13.8 Å². The second kappa shape index (κ2) is 8.62. The molecule has 22 heavy (non-hydrogen) atoms. The number of carbonyl (C=O) groups is 2. The van der Waals surface area contributed by atoms with Gasteiger partial charge >= 0.3 is 23.1 Å². The van der Waals surface area contributed by atoms with Gasteiger partial charge in [-0.3, -0.25) is 4.79 Å². The fourth-order valence-corrected chi connectivity index (χ4v) is 5.08. The van der Waals surface area contributed by atoms with Gasteiger partial charge in [0, 0.05) is 11.8 Å². The molecule has 0 aromatic carbocycles. The zero-order valence-electron chi connectivity index (χ0n) is 14.4. The van der Waals surface area contributed by atoms with Gasteiger partial charge in [0.1, 0.15) is 12.1 Å². The van der Waals surface area contributed by atoms with Gasteiger partial charge < -0.3 is 29.2 Å². The quantitative estimate of drug-likeness (QED) is 0.395. The number of halogens is 1. The molecule has 0 bridgehead atoms. The summed E-state index contributed by atoms with van der Waals surface area (Å²) < 4.78 is 0. The van der Waals surface area contributed by atoms with Gasteiger partial charge in [-0.15, -0.1) is 0 Å². The summed E-state index contributed by atoms with van der Waals surface area (Å²) in [5.74, 6) is 6.39. The molecule has 0 radical (unpaired) electrons. The molecule has 0 aromatic rings. The van der Waals surface area contributed by atoms with Crippen LogP contribution in [0.4, 0.5) is 0 Å². The average Bonchev–Trinajstić information content (AvgIpc) is 3.06. The zero-order chi connectivity index (χ0) is 13.7. The molecule has 4 unspecified atom stereocenters. The summed E-state index contributed by atoms with van der Waals surface area (Å²) >= 11 is 0. The Hall–Kier alpha value is 0.586. The van der Waals surface area contributed by atoms with Crippen LogP contribution in [0.5, 0.6) is 0 Å². The molecule has 0 amide bonds. The molecule has 4 saturated carbocycles. The number of hydrogen-bond donors (Lipinski definition) is 0. The van der Waals surface area contributed by atoms with Crippen molar-refractivity contribution < 1.29 is 26.6 Å². The monoisotopic (exact) mass is 380 g/mol. The molecule has 122 valence electrons. The molecule has 0 saturated heterocycles. The number of hydrogen-bond acceptors (Lipinski definition) is 2. The molecular formula is C18H29BrMgO2. The minimum absolute atomic E-state index is 0. The van der Waals surface area contributed by atoms with E-state index in [1.54, 1.807) is 6.92 Å². The molecule has 2 nitrogen and oxygen atoms in total. The van der Waals surface area contributed by atoms with Crippen LogP contribution in [0.3, 0.4) is 0 Å². The first-order valence-corrected chi connectivity index (χ1v) is 7.98. The fraction of sp³-hybridized carbons (Fsp3) is 0.833. The van der Waals surface area contributed by atoms with Crippen molar-refractivity contribution in [2.45, 2.75) is 46.5 Å². The van der Waals surface area contributed by atoms with E-state index in [9.17, 15) is 9.59 Å². The molecule has 8 atom stereocenters. The van der Waals surface area contributed by atoms with Crippen molar-refractivity contribution in [2.75, 3.05) is 0 Å². The van der Waals surface area contributed by atoms with Crippen molar-refractivity contribution >= 4 is 35.1 Å². The van der Waals surface area contributed by atoms with E-state index in [1.165, 1.54) is 25.7 Å². The van der Waals surface area contributed by atoms with Crippen LogP contribution in [0, 0.1) is 54.8 Å². The van der Waals surface area contributed by atoms with E-state index in [0.717, 1.165) is 41.8 Å². The Morgan fingerprint density at radius 1 is 0.909 bits per heavy atom. The first-order valence-electron chi connectivity index (χ1n) is 7.98. The topological polar surface area (TPSA) is 34.1 Å². The Morgan fingerprint density at radius 3 is 1.59 bits per heavy atom. The van der Waals surface area contributed by atoms with Crippen molar-refractivity contribution in [1.29, 1.82) is 0 Å². The van der Waals surface area contributed by atoms with E-state index in [0.29, 0.717) is 17.6 Å². The van der Waals surface area contributed by atoms with E-state index in [4.69, 9.17) is 0 Å². The molecule has 4 fully saturated rings. The van der Waals surface area contributed by atoms with Gasteiger partial charge in [-0.25, -0.2) is 0 Å². The second-order valence-corrected chi connectivity index (χ2v) is 7.66. The molecule has 4 rings (SSSR count). The first-order chi connectivity index (χ1) is 9.02. The minimum atomic E-state index is 0. The van der Waals surface area contributed by atoms with Crippen LogP contribution in [-0.2, 0) is 9.59 Å². The van der Waals surface area contributed by atoms with Crippen molar-refractivity contribution in [3.8, 4) is 0 Å². The number of Topliss-reactive ketones (excluding diaryl/α,β-unsaturated/α-hetero) is 1. The van der Waals surface area contributed by atoms with Crippen molar-refractivity contribution in [2.24, 2.45) is 47.3 Å². The summed E-state index contributed by atoms with van der Waals surface area (Å²) in [7, 11) is 0. The fourth-order valence-electron chi connectivity index (χ4n) is 5.08. The molecule has 4 heteroatoms. The number of ketones is 1. The van der Waals surface area contributed by atoms with E-state index in [1.807, 2.05) is 0 Å². The van der Waals surface area contributed by atoms with Gasteiger partial charge in [-0.1, -0.05) is 13.8 Å². The first kappa shape index (κ1) is 22.6. The average molecular weight is 382 g/mol. The van der Waals surface area contributed by atoms with Crippen LogP contribution in [0.25, 0.3) is 0 Å². The molecule has 4 aliphatic carbocycles. The van der Waals surface area contributed by atoms with Gasteiger partial charge in [-0.05, 0) is 68.1 Å². The van der Waals surface area contributed by atoms with E-state index >= 15 is 0 Å². The Labute approximate surface area is 162 Å². The predicted molar refractivity (Wildman–Crippen MR) is 86.6 cm³/mol. The molecular weight excluding hydrogens is 352 g/mol. The Balaban J connectivity index is 0.000000354. The standard InChI is InChI=1S/C9H14O.C8H12O.CH3.BrH.Mg/c1-5-3-7-8(4-5)9(7)6(2)10;1-5-2-6-7(3-5)8(6)4-9;;;/h5,7-9H,3-4H2,1-2H3;4-8H,2-3H2,1H3;1H3;1H;/q;;-1;;+2/p-1/t5?,7-,8+,9?;5?,6-,7+,8?;;;.